The van der Waals surface area contributed by atoms with E-state index in [2.05, 4.69) is 41.1 Å². The Hall–Kier alpha value is -1.87. The fourth-order valence-electron chi connectivity index (χ4n) is 2.86. The smallest absolute Gasteiger partial charge is 0.133 e. The number of rotatable bonds is 2. The van der Waals surface area contributed by atoms with Crippen LogP contribution in [-0.2, 0) is 6.42 Å². The summed E-state index contributed by atoms with van der Waals surface area (Å²) < 4.78 is 0. The Morgan fingerprint density at radius 3 is 2.90 bits per heavy atom. The highest BCUT2D eigenvalue weighted by atomic mass is 16.3. The van der Waals surface area contributed by atoms with Gasteiger partial charge in [-0.3, -0.25) is 0 Å². The maximum Gasteiger partial charge on any atom is 0.133 e. The maximum atomic E-state index is 9.76. The number of para-hydroxylation sites is 1. The first kappa shape index (κ1) is 13.1. The zero-order valence-electron chi connectivity index (χ0n) is 12.0. The quantitative estimate of drug-likeness (QED) is 0.904. The van der Waals surface area contributed by atoms with E-state index in [9.17, 15) is 5.11 Å². The molecule has 20 heavy (non-hydrogen) atoms. The van der Waals surface area contributed by atoms with Gasteiger partial charge < -0.3 is 10.0 Å². The Morgan fingerprint density at radius 2 is 2.10 bits per heavy atom. The highest BCUT2D eigenvalue weighted by Crippen LogP contribution is 2.36. The summed E-state index contributed by atoms with van der Waals surface area (Å²) in [6, 6.07) is 12.8. The van der Waals surface area contributed by atoms with Crippen LogP contribution in [0.5, 0.6) is 0 Å². The van der Waals surface area contributed by atoms with Crippen molar-refractivity contribution in [2.45, 2.75) is 38.8 Å². The molecular weight excluding hydrogens is 248 g/mol. The maximum absolute atomic E-state index is 9.76. The normalized spacial score (nSPS) is 19.6. The average Bonchev–Trinajstić information content (AvgIpc) is 2.47. The Labute approximate surface area is 119 Å². The van der Waals surface area contributed by atoms with Crippen LogP contribution in [0.4, 0.5) is 11.5 Å². The number of nitrogens with zero attached hydrogens (tertiary/aromatic N) is 2. The molecule has 3 nitrogen and oxygen atoms in total. The van der Waals surface area contributed by atoms with Crippen LogP contribution in [-0.4, -0.2) is 16.1 Å². The minimum absolute atomic E-state index is 0.418. The van der Waals surface area contributed by atoms with Gasteiger partial charge >= 0.3 is 0 Å². The van der Waals surface area contributed by atoms with E-state index >= 15 is 0 Å². The number of aliphatic hydroxyl groups is 1. The molecule has 0 aliphatic carbocycles. The van der Waals surface area contributed by atoms with E-state index in [0.717, 1.165) is 24.2 Å². The van der Waals surface area contributed by atoms with Crippen molar-refractivity contribution in [1.29, 1.82) is 0 Å². The van der Waals surface area contributed by atoms with Gasteiger partial charge in [0.25, 0.3) is 0 Å². The van der Waals surface area contributed by atoms with Gasteiger partial charge in [0.15, 0.2) is 0 Å². The third-order valence-electron chi connectivity index (χ3n) is 4.02. The zero-order valence-corrected chi connectivity index (χ0v) is 12.0. The van der Waals surface area contributed by atoms with Gasteiger partial charge in [-0.2, -0.15) is 0 Å². The summed E-state index contributed by atoms with van der Waals surface area (Å²) >= 11 is 0. The first-order chi connectivity index (χ1) is 9.66. The molecule has 1 aromatic heterocycles. The molecule has 0 spiro atoms. The highest BCUT2D eigenvalue weighted by molar-refractivity contribution is 5.66. The summed E-state index contributed by atoms with van der Waals surface area (Å²) in [5, 5.41) is 9.76. The number of pyridine rings is 1. The van der Waals surface area contributed by atoms with Gasteiger partial charge in [0.05, 0.1) is 6.10 Å². The van der Waals surface area contributed by atoms with Gasteiger partial charge in [-0.1, -0.05) is 18.2 Å². The number of hydrogen-bond donors (Lipinski definition) is 1. The van der Waals surface area contributed by atoms with E-state index in [4.69, 9.17) is 0 Å². The van der Waals surface area contributed by atoms with Gasteiger partial charge in [0, 0.05) is 17.9 Å². The molecule has 2 heterocycles. The zero-order chi connectivity index (χ0) is 14.1. The molecule has 1 N–H and O–H groups in total. The number of aromatic nitrogens is 1. The van der Waals surface area contributed by atoms with Crippen molar-refractivity contribution in [3.8, 4) is 0 Å². The van der Waals surface area contributed by atoms with E-state index in [1.165, 1.54) is 11.3 Å². The van der Waals surface area contributed by atoms with Crippen molar-refractivity contribution in [3.05, 3.63) is 53.7 Å². The summed E-state index contributed by atoms with van der Waals surface area (Å²) in [5.41, 5.74) is 3.52. The third-order valence-corrected chi connectivity index (χ3v) is 4.02. The fourth-order valence-corrected chi connectivity index (χ4v) is 2.86. The number of aliphatic hydroxyl groups excluding tert-OH is 1. The standard InChI is InChI=1S/C17H20N2O/c1-12-7-8-14-5-3-4-6-16(14)19(12)17-11-15(13(2)20)9-10-18-17/h3-6,9-13,20H,7-8H2,1-2H3. The van der Waals surface area contributed by atoms with Gasteiger partial charge in [-0.15, -0.1) is 0 Å². The number of hydrogen-bond acceptors (Lipinski definition) is 3. The molecule has 1 aromatic carbocycles. The molecule has 0 saturated heterocycles. The molecule has 1 aliphatic heterocycles. The number of aryl methyl sites for hydroxylation is 1. The summed E-state index contributed by atoms with van der Waals surface area (Å²) in [6.07, 6.45) is 3.55. The third kappa shape index (κ3) is 2.29. The minimum atomic E-state index is -0.466. The van der Waals surface area contributed by atoms with E-state index in [-0.39, 0.29) is 0 Å². The van der Waals surface area contributed by atoms with Gasteiger partial charge in [-0.05, 0) is 56.0 Å². The SMILES string of the molecule is CC(O)c1ccnc(N2c3ccccc3CCC2C)c1. The van der Waals surface area contributed by atoms with Gasteiger partial charge in [0.2, 0.25) is 0 Å². The van der Waals surface area contributed by atoms with Crippen molar-refractivity contribution in [3.63, 3.8) is 0 Å². The predicted octanol–water partition coefficient (Wildman–Crippen LogP) is 3.61. The molecule has 0 radical (unpaired) electrons. The summed E-state index contributed by atoms with van der Waals surface area (Å²) in [6.45, 7) is 4.01. The van der Waals surface area contributed by atoms with E-state index < -0.39 is 6.10 Å². The topological polar surface area (TPSA) is 36.4 Å². The molecule has 0 amide bonds. The number of fused-ring (bicyclic) bond motifs is 1. The van der Waals surface area contributed by atoms with Gasteiger partial charge in [0.1, 0.15) is 5.82 Å². The van der Waals surface area contributed by atoms with E-state index in [1.54, 1.807) is 13.1 Å². The molecule has 3 rings (SSSR count). The van der Waals surface area contributed by atoms with Crippen LogP contribution in [0, 0.1) is 0 Å². The number of benzene rings is 1. The summed E-state index contributed by atoms with van der Waals surface area (Å²) in [5.74, 6) is 0.919. The molecule has 2 aromatic rings. The van der Waals surface area contributed by atoms with Crippen LogP contribution in [0.25, 0.3) is 0 Å². The van der Waals surface area contributed by atoms with Crippen molar-refractivity contribution >= 4 is 11.5 Å². The summed E-state index contributed by atoms with van der Waals surface area (Å²) in [7, 11) is 0. The molecular formula is C17H20N2O. The molecule has 104 valence electrons. The highest BCUT2D eigenvalue weighted by Gasteiger charge is 2.25. The lowest BCUT2D eigenvalue weighted by molar-refractivity contribution is 0.199. The molecule has 0 fully saturated rings. The molecule has 0 bridgehead atoms. The van der Waals surface area contributed by atoms with Crippen molar-refractivity contribution < 1.29 is 5.11 Å². The van der Waals surface area contributed by atoms with Crippen LogP contribution < -0.4 is 4.90 Å². The molecule has 2 unspecified atom stereocenters. The lowest BCUT2D eigenvalue weighted by Gasteiger charge is -2.36. The first-order valence-corrected chi connectivity index (χ1v) is 7.18. The second-order valence-corrected chi connectivity index (χ2v) is 5.51. The van der Waals surface area contributed by atoms with Crippen LogP contribution in [0.2, 0.25) is 0 Å². The first-order valence-electron chi connectivity index (χ1n) is 7.18. The monoisotopic (exact) mass is 268 g/mol. The van der Waals surface area contributed by atoms with E-state index in [0.29, 0.717) is 6.04 Å². The number of anilines is 2. The van der Waals surface area contributed by atoms with Gasteiger partial charge in [-0.25, -0.2) is 4.98 Å². The Balaban J connectivity index is 2.07. The minimum Gasteiger partial charge on any atom is -0.389 e. The van der Waals surface area contributed by atoms with Crippen LogP contribution in [0.1, 0.15) is 37.5 Å². The molecule has 2 atom stereocenters. The molecule has 3 heteroatoms. The predicted molar refractivity (Wildman–Crippen MR) is 81.2 cm³/mol. The van der Waals surface area contributed by atoms with Crippen molar-refractivity contribution in [2.75, 3.05) is 4.90 Å². The second-order valence-electron chi connectivity index (χ2n) is 5.51. The lowest BCUT2D eigenvalue weighted by Crippen LogP contribution is -2.33. The van der Waals surface area contributed by atoms with Crippen molar-refractivity contribution in [2.24, 2.45) is 0 Å². The second kappa shape index (κ2) is 5.25. The largest absolute Gasteiger partial charge is 0.389 e. The molecule has 0 saturated carbocycles. The lowest BCUT2D eigenvalue weighted by atomic mass is 9.96. The van der Waals surface area contributed by atoms with Crippen LogP contribution in [0.3, 0.4) is 0 Å². The van der Waals surface area contributed by atoms with Crippen LogP contribution in [0.15, 0.2) is 42.6 Å². The Morgan fingerprint density at radius 1 is 1.30 bits per heavy atom. The summed E-state index contributed by atoms with van der Waals surface area (Å²) in [4.78, 5) is 6.79. The Kier molecular flexibility index (Phi) is 3.45. The van der Waals surface area contributed by atoms with E-state index in [1.807, 2.05) is 12.1 Å². The Bertz CT molecular complexity index is 609. The fraction of sp³-hybridized carbons (Fsp3) is 0.353. The average molecular weight is 268 g/mol. The van der Waals surface area contributed by atoms with Crippen LogP contribution >= 0.6 is 0 Å². The van der Waals surface area contributed by atoms with Crippen molar-refractivity contribution in [1.82, 2.24) is 4.98 Å². The molecule has 1 aliphatic rings.